The Hall–Kier alpha value is -1.70. The number of thiophene rings is 1. The molecule has 2 aliphatic carbocycles. The molecule has 0 spiro atoms. The standard InChI is InChI=1S/C19H27N5OS/c1-11-17(14-10-15(14)21-13-7-5-12(20)6-8-13)18(24(2)23-11)22-19(25)16-4-3-9-26-16/h3-4,9,12-15,21H,5-8,10,20H2,1-2H3,(H,22,25). The summed E-state index contributed by atoms with van der Waals surface area (Å²) in [6.07, 6.45) is 5.67. The molecule has 6 nitrogen and oxygen atoms in total. The smallest absolute Gasteiger partial charge is 0.266 e. The largest absolute Gasteiger partial charge is 0.328 e. The van der Waals surface area contributed by atoms with Gasteiger partial charge in [0.2, 0.25) is 0 Å². The minimum absolute atomic E-state index is 0.0596. The number of amides is 1. The second-order valence-electron chi connectivity index (χ2n) is 7.63. The quantitative estimate of drug-likeness (QED) is 0.752. The van der Waals surface area contributed by atoms with Crippen LogP contribution in [-0.4, -0.2) is 33.8 Å². The summed E-state index contributed by atoms with van der Waals surface area (Å²) in [4.78, 5) is 13.2. The van der Waals surface area contributed by atoms with E-state index in [0.29, 0.717) is 24.0 Å². The normalized spacial score (nSPS) is 28.1. The van der Waals surface area contributed by atoms with E-state index in [4.69, 9.17) is 5.73 Å². The summed E-state index contributed by atoms with van der Waals surface area (Å²) in [5.74, 6) is 1.20. The first kappa shape index (κ1) is 17.7. The van der Waals surface area contributed by atoms with Gasteiger partial charge >= 0.3 is 0 Å². The van der Waals surface area contributed by atoms with E-state index >= 15 is 0 Å². The van der Waals surface area contributed by atoms with Crippen LogP contribution in [0.15, 0.2) is 17.5 Å². The number of hydrogen-bond donors (Lipinski definition) is 3. The number of rotatable bonds is 5. The second-order valence-corrected chi connectivity index (χ2v) is 8.58. The third-order valence-corrected chi connectivity index (χ3v) is 6.50. The van der Waals surface area contributed by atoms with Crippen molar-refractivity contribution in [3.8, 4) is 0 Å². The van der Waals surface area contributed by atoms with Crippen LogP contribution in [0.2, 0.25) is 0 Å². The Kier molecular flexibility index (Phi) is 4.86. The highest BCUT2D eigenvalue weighted by Gasteiger charge is 2.43. The van der Waals surface area contributed by atoms with Gasteiger partial charge in [-0.25, -0.2) is 0 Å². The van der Waals surface area contributed by atoms with Crippen molar-refractivity contribution in [2.45, 2.75) is 63.1 Å². The maximum Gasteiger partial charge on any atom is 0.266 e. The molecule has 26 heavy (non-hydrogen) atoms. The number of nitrogens with zero attached hydrogens (tertiary/aromatic N) is 2. The lowest BCUT2D eigenvalue weighted by atomic mass is 9.92. The van der Waals surface area contributed by atoms with Gasteiger partial charge in [0.1, 0.15) is 5.82 Å². The number of carbonyl (C=O) groups excluding carboxylic acids is 1. The fourth-order valence-electron chi connectivity index (χ4n) is 4.13. The Labute approximate surface area is 158 Å². The zero-order chi connectivity index (χ0) is 18.3. The molecule has 140 valence electrons. The van der Waals surface area contributed by atoms with Crippen LogP contribution in [0.4, 0.5) is 5.82 Å². The van der Waals surface area contributed by atoms with Crippen molar-refractivity contribution in [1.29, 1.82) is 0 Å². The fraction of sp³-hybridized carbons (Fsp3) is 0.579. The molecule has 2 fully saturated rings. The van der Waals surface area contributed by atoms with E-state index in [9.17, 15) is 4.79 Å². The van der Waals surface area contributed by atoms with E-state index in [1.165, 1.54) is 29.7 Å². The molecular weight excluding hydrogens is 346 g/mol. The van der Waals surface area contributed by atoms with Gasteiger partial charge in [0.15, 0.2) is 0 Å². The number of nitrogens with two attached hydrogens (primary N) is 1. The molecule has 0 bridgehead atoms. The molecule has 0 aromatic carbocycles. The summed E-state index contributed by atoms with van der Waals surface area (Å²) >= 11 is 1.45. The van der Waals surface area contributed by atoms with E-state index in [1.807, 2.05) is 31.5 Å². The maximum atomic E-state index is 12.5. The van der Waals surface area contributed by atoms with Crippen LogP contribution in [0.3, 0.4) is 0 Å². The molecule has 2 aromatic rings. The molecule has 2 saturated carbocycles. The lowest BCUT2D eigenvalue weighted by molar-refractivity contribution is 0.102. The maximum absolute atomic E-state index is 12.5. The average molecular weight is 374 g/mol. The van der Waals surface area contributed by atoms with Crippen LogP contribution < -0.4 is 16.4 Å². The topological polar surface area (TPSA) is 85.0 Å². The van der Waals surface area contributed by atoms with Crippen molar-refractivity contribution in [2.24, 2.45) is 12.8 Å². The summed E-state index contributed by atoms with van der Waals surface area (Å²) in [7, 11) is 1.90. The van der Waals surface area contributed by atoms with Crippen molar-refractivity contribution in [3.63, 3.8) is 0 Å². The van der Waals surface area contributed by atoms with Gasteiger partial charge in [0, 0.05) is 36.7 Å². The molecule has 0 saturated heterocycles. The number of hydrogen-bond acceptors (Lipinski definition) is 5. The zero-order valence-corrected chi connectivity index (χ0v) is 16.2. The number of aryl methyl sites for hydroxylation is 2. The SMILES string of the molecule is Cc1nn(C)c(NC(=O)c2cccs2)c1C1CC1NC1CCC(N)CC1. The number of aromatic nitrogens is 2. The Bertz CT molecular complexity index is 776. The minimum Gasteiger partial charge on any atom is -0.328 e. The zero-order valence-electron chi connectivity index (χ0n) is 15.4. The average Bonchev–Trinajstić information content (AvgIpc) is 3.03. The van der Waals surface area contributed by atoms with Gasteiger partial charge in [-0.1, -0.05) is 6.07 Å². The third kappa shape index (κ3) is 3.56. The second kappa shape index (κ2) is 7.13. The highest BCUT2D eigenvalue weighted by atomic mass is 32.1. The summed E-state index contributed by atoms with van der Waals surface area (Å²) < 4.78 is 1.80. The number of carbonyl (C=O) groups is 1. The van der Waals surface area contributed by atoms with Crippen molar-refractivity contribution in [2.75, 3.05) is 5.32 Å². The summed E-state index contributed by atoms with van der Waals surface area (Å²) in [5, 5.41) is 13.4. The van der Waals surface area contributed by atoms with Crippen LogP contribution in [-0.2, 0) is 7.05 Å². The molecule has 7 heteroatoms. The molecule has 1 amide bonds. The summed E-state index contributed by atoms with van der Waals surface area (Å²) in [5.41, 5.74) is 8.20. The molecule has 2 heterocycles. The first-order chi connectivity index (χ1) is 12.5. The molecule has 2 atom stereocenters. The van der Waals surface area contributed by atoms with Crippen LogP contribution >= 0.6 is 11.3 Å². The molecule has 4 N–H and O–H groups in total. The Balaban J connectivity index is 1.45. The van der Waals surface area contributed by atoms with E-state index in [-0.39, 0.29) is 5.91 Å². The lowest BCUT2D eigenvalue weighted by Gasteiger charge is -2.27. The van der Waals surface area contributed by atoms with Crippen LogP contribution in [0.1, 0.15) is 59.0 Å². The van der Waals surface area contributed by atoms with Gasteiger partial charge in [-0.3, -0.25) is 9.48 Å². The number of anilines is 1. The minimum atomic E-state index is -0.0596. The van der Waals surface area contributed by atoms with Crippen LogP contribution in [0.25, 0.3) is 0 Å². The van der Waals surface area contributed by atoms with Gasteiger partial charge in [-0.2, -0.15) is 5.10 Å². The van der Waals surface area contributed by atoms with Crippen molar-refractivity contribution in [1.82, 2.24) is 15.1 Å². The third-order valence-electron chi connectivity index (χ3n) is 5.63. The van der Waals surface area contributed by atoms with Gasteiger partial charge < -0.3 is 16.4 Å². The molecule has 4 rings (SSSR count). The van der Waals surface area contributed by atoms with Crippen LogP contribution in [0, 0.1) is 6.92 Å². The Morgan fingerprint density at radius 1 is 1.35 bits per heavy atom. The first-order valence-electron chi connectivity index (χ1n) is 9.43. The molecule has 2 unspecified atom stereocenters. The molecule has 2 aliphatic rings. The fourth-order valence-corrected chi connectivity index (χ4v) is 4.75. The van der Waals surface area contributed by atoms with Crippen molar-refractivity contribution >= 4 is 23.1 Å². The molecule has 0 aliphatic heterocycles. The Morgan fingerprint density at radius 2 is 2.12 bits per heavy atom. The van der Waals surface area contributed by atoms with Gasteiger partial charge in [-0.05, 0) is 50.5 Å². The predicted octanol–water partition coefficient (Wildman–Crippen LogP) is 2.76. The van der Waals surface area contributed by atoms with E-state index in [2.05, 4.69) is 15.7 Å². The van der Waals surface area contributed by atoms with E-state index in [1.54, 1.807) is 4.68 Å². The van der Waals surface area contributed by atoms with Crippen molar-refractivity contribution in [3.05, 3.63) is 33.6 Å². The molecule has 2 aromatic heterocycles. The molecule has 0 radical (unpaired) electrons. The monoisotopic (exact) mass is 373 g/mol. The highest BCUT2D eigenvalue weighted by molar-refractivity contribution is 7.12. The van der Waals surface area contributed by atoms with E-state index in [0.717, 1.165) is 35.7 Å². The van der Waals surface area contributed by atoms with Crippen molar-refractivity contribution < 1.29 is 4.79 Å². The summed E-state index contributed by atoms with van der Waals surface area (Å²) in [6.45, 7) is 2.03. The van der Waals surface area contributed by atoms with Gasteiger partial charge in [0.25, 0.3) is 5.91 Å². The van der Waals surface area contributed by atoms with Crippen LogP contribution in [0.5, 0.6) is 0 Å². The predicted molar refractivity (Wildman–Crippen MR) is 105 cm³/mol. The van der Waals surface area contributed by atoms with E-state index < -0.39 is 0 Å². The number of nitrogens with one attached hydrogen (secondary N) is 2. The van der Waals surface area contributed by atoms with Gasteiger partial charge in [0.05, 0.1) is 10.6 Å². The summed E-state index contributed by atoms with van der Waals surface area (Å²) in [6, 6.07) is 5.17. The van der Waals surface area contributed by atoms with Gasteiger partial charge in [-0.15, -0.1) is 11.3 Å². The lowest BCUT2D eigenvalue weighted by Crippen LogP contribution is -2.38. The Morgan fingerprint density at radius 3 is 2.81 bits per heavy atom. The molecular formula is C19H27N5OS. The highest BCUT2D eigenvalue weighted by Crippen LogP contribution is 2.46. The first-order valence-corrected chi connectivity index (χ1v) is 10.3.